The first-order valence-electron chi connectivity index (χ1n) is 4.67. The quantitative estimate of drug-likeness (QED) is 0.757. The van der Waals surface area contributed by atoms with E-state index in [4.69, 9.17) is 9.47 Å². The summed E-state index contributed by atoms with van der Waals surface area (Å²) in [4.78, 5) is 0. The Hall–Kier alpha value is -0.700. The molecule has 0 atom stereocenters. The maximum atomic E-state index is 5.47. The van der Waals surface area contributed by atoms with Crippen molar-refractivity contribution in [1.29, 1.82) is 0 Å². The summed E-state index contributed by atoms with van der Waals surface area (Å²) >= 11 is 3.41. The number of methoxy groups -OCH3 is 1. The van der Waals surface area contributed by atoms with E-state index in [1.807, 2.05) is 19.1 Å². The van der Waals surface area contributed by atoms with Crippen molar-refractivity contribution in [3.63, 3.8) is 0 Å². The second-order valence-electron chi connectivity index (χ2n) is 2.86. The van der Waals surface area contributed by atoms with E-state index < -0.39 is 0 Å². The van der Waals surface area contributed by atoms with Crippen molar-refractivity contribution in [1.82, 2.24) is 0 Å². The van der Waals surface area contributed by atoms with Gasteiger partial charge in [0.2, 0.25) is 0 Å². The van der Waals surface area contributed by atoms with Crippen LogP contribution in [0.1, 0.15) is 12.5 Å². The lowest BCUT2D eigenvalue weighted by Crippen LogP contribution is -1.97. The Morgan fingerprint density at radius 1 is 1.29 bits per heavy atom. The van der Waals surface area contributed by atoms with Gasteiger partial charge in [-0.1, -0.05) is 22.0 Å². The first kappa shape index (κ1) is 11.4. The first-order chi connectivity index (χ1) is 6.81. The van der Waals surface area contributed by atoms with Gasteiger partial charge in [0.25, 0.3) is 0 Å². The SMILES string of the molecule is CCOc1cc(CCBr)ccc1OC. The summed E-state index contributed by atoms with van der Waals surface area (Å²) in [5.41, 5.74) is 1.26. The minimum atomic E-state index is 0.661. The van der Waals surface area contributed by atoms with Crippen LogP contribution < -0.4 is 9.47 Å². The number of aryl methyl sites for hydroxylation is 1. The fraction of sp³-hybridized carbons (Fsp3) is 0.455. The molecule has 0 radical (unpaired) electrons. The molecular formula is C11H15BrO2. The van der Waals surface area contributed by atoms with Gasteiger partial charge in [-0.2, -0.15) is 0 Å². The van der Waals surface area contributed by atoms with Gasteiger partial charge in [0.1, 0.15) is 0 Å². The van der Waals surface area contributed by atoms with E-state index in [0.29, 0.717) is 6.61 Å². The fourth-order valence-electron chi connectivity index (χ4n) is 1.25. The molecule has 0 heterocycles. The number of halogens is 1. The van der Waals surface area contributed by atoms with Gasteiger partial charge >= 0.3 is 0 Å². The van der Waals surface area contributed by atoms with Crippen LogP contribution in [0.25, 0.3) is 0 Å². The lowest BCUT2D eigenvalue weighted by Gasteiger charge is -2.10. The minimum absolute atomic E-state index is 0.661. The van der Waals surface area contributed by atoms with Crippen molar-refractivity contribution in [2.45, 2.75) is 13.3 Å². The Morgan fingerprint density at radius 2 is 2.07 bits per heavy atom. The zero-order valence-electron chi connectivity index (χ0n) is 8.55. The Balaban J connectivity index is 2.88. The number of ether oxygens (including phenoxy) is 2. The standard InChI is InChI=1S/C11H15BrO2/c1-3-14-11-8-9(6-7-12)4-5-10(11)13-2/h4-5,8H,3,6-7H2,1-2H3. The number of alkyl halides is 1. The highest BCUT2D eigenvalue weighted by molar-refractivity contribution is 9.09. The molecule has 78 valence electrons. The average molecular weight is 259 g/mol. The van der Waals surface area contributed by atoms with Crippen molar-refractivity contribution in [3.05, 3.63) is 23.8 Å². The van der Waals surface area contributed by atoms with Crippen molar-refractivity contribution in [2.75, 3.05) is 19.0 Å². The molecule has 1 rings (SSSR count). The molecular weight excluding hydrogens is 244 g/mol. The zero-order chi connectivity index (χ0) is 10.4. The van der Waals surface area contributed by atoms with Crippen molar-refractivity contribution >= 4 is 15.9 Å². The van der Waals surface area contributed by atoms with Gasteiger partial charge < -0.3 is 9.47 Å². The van der Waals surface area contributed by atoms with Crippen LogP contribution in [0.2, 0.25) is 0 Å². The van der Waals surface area contributed by atoms with Gasteiger partial charge in [-0.25, -0.2) is 0 Å². The molecule has 0 saturated carbocycles. The molecule has 0 aliphatic carbocycles. The molecule has 0 N–H and O–H groups in total. The second-order valence-corrected chi connectivity index (χ2v) is 3.65. The fourth-order valence-corrected chi connectivity index (χ4v) is 1.71. The summed E-state index contributed by atoms with van der Waals surface area (Å²) in [6.45, 7) is 2.63. The summed E-state index contributed by atoms with van der Waals surface area (Å²) < 4.78 is 10.7. The monoisotopic (exact) mass is 258 g/mol. The van der Waals surface area contributed by atoms with Crippen molar-refractivity contribution in [2.24, 2.45) is 0 Å². The topological polar surface area (TPSA) is 18.5 Å². The molecule has 14 heavy (non-hydrogen) atoms. The van der Waals surface area contributed by atoms with Crippen LogP contribution >= 0.6 is 15.9 Å². The van der Waals surface area contributed by atoms with E-state index in [9.17, 15) is 0 Å². The molecule has 2 nitrogen and oxygen atoms in total. The zero-order valence-corrected chi connectivity index (χ0v) is 10.1. The van der Waals surface area contributed by atoms with E-state index >= 15 is 0 Å². The van der Waals surface area contributed by atoms with E-state index in [2.05, 4.69) is 22.0 Å². The molecule has 3 heteroatoms. The summed E-state index contributed by atoms with van der Waals surface area (Å²) in [6.07, 6.45) is 1.00. The lowest BCUT2D eigenvalue weighted by molar-refractivity contribution is 0.310. The van der Waals surface area contributed by atoms with Gasteiger partial charge in [0.15, 0.2) is 11.5 Å². The maximum absolute atomic E-state index is 5.47. The predicted octanol–water partition coefficient (Wildman–Crippen LogP) is 3.03. The van der Waals surface area contributed by atoms with Crippen LogP contribution in [0, 0.1) is 0 Å². The molecule has 0 unspecified atom stereocenters. The third kappa shape index (κ3) is 2.91. The highest BCUT2D eigenvalue weighted by Crippen LogP contribution is 2.28. The molecule has 0 aromatic heterocycles. The first-order valence-corrected chi connectivity index (χ1v) is 5.79. The minimum Gasteiger partial charge on any atom is -0.493 e. The molecule has 0 aliphatic rings. The van der Waals surface area contributed by atoms with Gasteiger partial charge in [-0.3, -0.25) is 0 Å². The summed E-state index contributed by atoms with van der Waals surface area (Å²) in [6, 6.07) is 6.04. The number of rotatable bonds is 5. The Kier molecular flexibility index (Phi) is 4.80. The van der Waals surface area contributed by atoms with E-state index in [-0.39, 0.29) is 0 Å². The number of benzene rings is 1. The summed E-state index contributed by atoms with van der Waals surface area (Å²) in [5.74, 6) is 1.62. The molecule has 0 bridgehead atoms. The van der Waals surface area contributed by atoms with E-state index in [1.54, 1.807) is 7.11 Å². The summed E-state index contributed by atoms with van der Waals surface area (Å²) in [7, 11) is 1.65. The maximum Gasteiger partial charge on any atom is 0.161 e. The van der Waals surface area contributed by atoms with Crippen LogP contribution in [0.3, 0.4) is 0 Å². The molecule has 0 fully saturated rings. The molecule has 0 amide bonds. The third-order valence-corrected chi connectivity index (χ3v) is 2.31. The molecule has 0 aliphatic heterocycles. The lowest BCUT2D eigenvalue weighted by atomic mass is 10.1. The Morgan fingerprint density at radius 3 is 2.64 bits per heavy atom. The Labute approximate surface area is 93.4 Å². The van der Waals surface area contributed by atoms with Crippen LogP contribution in [0.15, 0.2) is 18.2 Å². The van der Waals surface area contributed by atoms with Gasteiger partial charge in [0.05, 0.1) is 13.7 Å². The van der Waals surface area contributed by atoms with E-state index in [1.165, 1.54) is 5.56 Å². The summed E-state index contributed by atoms with van der Waals surface area (Å²) in [5, 5.41) is 0.963. The van der Waals surface area contributed by atoms with Crippen LogP contribution in [0.4, 0.5) is 0 Å². The largest absolute Gasteiger partial charge is 0.493 e. The molecule has 0 saturated heterocycles. The average Bonchev–Trinajstić information content (AvgIpc) is 2.19. The molecule has 0 spiro atoms. The second kappa shape index (κ2) is 5.91. The normalized spacial score (nSPS) is 9.93. The van der Waals surface area contributed by atoms with Gasteiger partial charge in [-0.15, -0.1) is 0 Å². The smallest absolute Gasteiger partial charge is 0.161 e. The number of hydrogen-bond acceptors (Lipinski definition) is 2. The predicted molar refractivity (Wildman–Crippen MR) is 61.7 cm³/mol. The Bertz CT molecular complexity index is 287. The molecule has 1 aromatic carbocycles. The van der Waals surface area contributed by atoms with Gasteiger partial charge in [-0.05, 0) is 31.0 Å². The van der Waals surface area contributed by atoms with Crippen molar-refractivity contribution < 1.29 is 9.47 Å². The van der Waals surface area contributed by atoms with Crippen molar-refractivity contribution in [3.8, 4) is 11.5 Å². The van der Waals surface area contributed by atoms with Crippen LogP contribution in [-0.4, -0.2) is 19.0 Å². The molecule has 1 aromatic rings. The van der Waals surface area contributed by atoms with E-state index in [0.717, 1.165) is 23.2 Å². The van der Waals surface area contributed by atoms with Gasteiger partial charge in [0, 0.05) is 5.33 Å². The highest BCUT2D eigenvalue weighted by Gasteiger charge is 2.04. The number of hydrogen-bond donors (Lipinski definition) is 0. The van der Waals surface area contributed by atoms with Crippen LogP contribution in [-0.2, 0) is 6.42 Å². The highest BCUT2D eigenvalue weighted by atomic mass is 79.9. The third-order valence-electron chi connectivity index (χ3n) is 1.91. The van der Waals surface area contributed by atoms with Crippen LogP contribution in [0.5, 0.6) is 11.5 Å².